The molecule has 0 spiro atoms. The Kier molecular flexibility index (Phi) is 5.14. The Balaban J connectivity index is 2.35. The minimum atomic E-state index is -0.440. The van der Waals surface area contributed by atoms with E-state index in [0.717, 1.165) is 0 Å². The second-order valence-electron chi connectivity index (χ2n) is 5.37. The fraction of sp³-hybridized carbons (Fsp3) is 0.211. The van der Waals surface area contributed by atoms with E-state index < -0.39 is 11.9 Å². The van der Waals surface area contributed by atoms with Gasteiger partial charge >= 0.3 is 11.9 Å². The van der Waals surface area contributed by atoms with Gasteiger partial charge < -0.3 is 9.47 Å². The van der Waals surface area contributed by atoms with Crippen molar-refractivity contribution in [2.75, 3.05) is 14.2 Å². The summed E-state index contributed by atoms with van der Waals surface area (Å²) >= 11 is 0. The van der Waals surface area contributed by atoms with Crippen molar-refractivity contribution < 1.29 is 23.9 Å². The Labute approximate surface area is 140 Å². The smallest absolute Gasteiger partial charge is 0.338 e. The number of benzene rings is 2. The van der Waals surface area contributed by atoms with E-state index in [1.54, 1.807) is 50.2 Å². The Morgan fingerprint density at radius 1 is 0.708 bits per heavy atom. The molecule has 0 aliphatic carbocycles. The molecule has 24 heavy (non-hydrogen) atoms. The number of ether oxygens (including phenoxy) is 2. The van der Waals surface area contributed by atoms with Crippen LogP contribution in [0.5, 0.6) is 0 Å². The van der Waals surface area contributed by atoms with Crippen LogP contribution in [-0.2, 0) is 9.47 Å². The fourth-order valence-corrected chi connectivity index (χ4v) is 2.45. The topological polar surface area (TPSA) is 69.7 Å². The van der Waals surface area contributed by atoms with Crippen LogP contribution < -0.4 is 0 Å². The quantitative estimate of drug-likeness (QED) is 0.638. The first-order chi connectivity index (χ1) is 11.4. The van der Waals surface area contributed by atoms with Gasteiger partial charge in [-0.15, -0.1) is 0 Å². The highest BCUT2D eigenvalue weighted by atomic mass is 16.5. The van der Waals surface area contributed by atoms with Crippen LogP contribution in [0.4, 0.5) is 0 Å². The molecule has 5 nitrogen and oxygen atoms in total. The number of methoxy groups -OCH3 is 2. The molecule has 0 unspecified atom stereocenters. The van der Waals surface area contributed by atoms with Crippen molar-refractivity contribution in [2.24, 2.45) is 0 Å². The first kappa shape index (κ1) is 17.4. The molecule has 2 aromatic rings. The maximum atomic E-state index is 12.6. The van der Waals surface area contributed by atoms with Gasteiger partial charge in [0.15, 0.2) is 5.78 Å². The lowest BCUT2D eigenvalue weighted by Gasteiger charge is -2.09. The summed E-state index contributed by atoms with van der Waals surface area (Å²) < 4.78 is 9.39. The second kappa shape index (κ2) is 7.08. The van der Waals surface area contributed by atoms with Crippen LogP contribution >= 0.6 is 0 Å². The van der Waals surface area contributed by atoms with Gasteiger partial charge in [0.1, 0.15) is 0 Å². The molecule has 5 heteroatoms. The molecule has 0 aliphatic rings. The third-order valence-corrected chi connectivity index (χ3v) is 3.79. The molecular weight excluding hydrogens is 308 g/mol. The molecule has 0 radical (unpaired) electrons. The van der Waals surface area contributed by atoms with Crippen LogP contribution in [0.2, 0.25) is 0 Å². The third-order valence-electron chi connectivity index (χ3n) is 3.79. The Bertz CT molecular complexity index is 753. The van der Waals surface area contributed by atoms with Gasteiger partial charge in [-0.2, -0.15) is 0 Å². The third kappa shape index (κ3) is 3.35. The number of hydrogen-bond donors (Lipinski definition) is 0. The maximum absolute atomic E-state index is 12.6. The minimum absolute atomic E-state index is 0.186. The zero-order valence-electron chi connectivity index (χ0n) is 14.0. The van der Waals surface area contributed by atoms with Crippen LogP contribution in [0.15, 0.2) is 36.4 Å². The van der Waals surface area contributed by atoms with E-state index in [1.165, 1.54) is 14.2 Å². The van der Waals surface area contributed by atoms with Crippen molar-refractivity contribution >= 4 is 17.7 Å². The molecule has 0 atom stereocenters. The predicted molar refractivity (Wildman–Crippen MR) is 88.5 cm³/mol. The lowest BCUT2D eigenvalue weighted by molar-refractivity contribution is 0.0591. The number of carbonyl (C=O) groups excluding carboxylic acids is 3. The average Bonchev–Trinajstić information content (AvgIpc) is 2.59. The SMILES string of the molecule is COC(=O)c1ccc(C(=O)c2ccc(C(=O)OC)c(C)c2)cc1C. The van der Waals surface area contributed by atoms with Crippen LogP contribution in [0.3, 0.4) is 0 Å². The number of esters is 2. The number of ketones is 1. The summed E-state index contributed by atoms with van der Waals surface area (Å²) in [6.07, 6.45) is 0. The van der Waals surface area contributed by atoms with Gasteiger partial charge in [0.25, 0.3) is 0 Å². The summed E-state index contributed by atoms with van der Waals surface area (Å²) in [7, 11) is 2.62. The maximum Gasteiger partial charge on any atom is 0.338 e. The van der Waals surface area contributed by atoms with Gasteiger partial charge in [-0.3, -0.25) is 4.79 Å². The molecule has 2 aromatic carbocycles. The van der Waals surface area contributed by atoms with Gasteiger partial charge in [0.2, 0.25) is 0 Å². The predicted octanol–water partition coefficient (Wildman–Crippen LogP) is 3.11. The van der Waals surface area contributed by atoms with E-state index in [1.807, 2.05) is 0 Å². The van der Waals surface area contributed by atoms with Crippen molar-refractivity contribution in [1.82, 2.24) is 0 Å². The average molecular weight is 326 g/mol. The first-order valence-electron chi connectivity index (χ1n) is 7.31. The molecule has 0 saturated heterocycles. The summed E-state index contributed by atoms with van der Waals surface area (Å²) in [5.41, 5.74) is 3.10. The molecule has 124 valence electrons. The van der Waals surface area contributed by atoms with Crippen molar-refractivity contribution in [1.29, 1.82) is 0 Å². The number of aryl methyl sites for hydroxylation is 2. The number of carbonyl (C=O) groups is 3. The summed E-state index contributed by atoms with van der Waals surface area (Å²) in [6, 6.07) is 9.63. The Hall–Kier alpha value is -2.95. The Morgan fingerprint density at radius 2 is 1.08 bits per heavy atom. The van der Waals surface area contributed by atoms with Crippen LogP contribution in [0.25, 0.3) is 0 Å². The van der Waals surface area contributed by atoms with Gasteiger partial charge in [-0.25, -0.2) is 9.59 Å². The summed E-state index contributed by atoms with van der Waals surface area (Å²) in [4.78, 5) is 35.8. The lowest BCUT2D eigenvalue weighted by atomic mass is 9.96. The number of rotatable bonds is 4. The highest BCUT2D eigenvalue weighted by Gasteiger charge is 2.16. The van der Waals surface area contributed by atoms with Crippen LogP contribution in [0, 0.1) is 13.8 Å². The second-order valence-corrected chi connectivity index (χ2v) is 5.37. The van der Waals surface area contributed by atoms with Gasteiger partial charge in [0.05, 0.1) is 25.3 Å². The van der Waals surface area contributed by atoms with E-state index in [9.17, 15) is 14.4 Å². The minimum Gasteiger partial charge on any atom is -0.465 e. The van der Waals surface area contributed by atoms with Crippen molar-refractivity contribution in [3.8, 4) is 0 Å². The fourth-order valence-electron chi connectivity index (χ4n) is 2.45. The molecule has 0 heterocycles. The van der Waals surface area contributed by atoms with Gasteiger partial charge in [-0.05, 0) is 49.2 Å². The largest absolute Gasteiger partial charge is 0.465 e. The van der Waals surface area contributed by atoms with Crippen LogP contribution in [0.1, 0.15) is 47.8 Å². The molecule has 0 amide bonds. The standard InChI is InChI=1S/C19H18O5/c1-11-9-13(5-7-15(11)18(21)23-3)17(20)14-6-8-16(12(2)10-14)19(22)24-4/h5-10H,1-4H3. The van der Waals surface area contributed by atoms with E-state index in [4.69, 9.17) is 9.47 Å². The zero-order valence-corrected chi connectivity index (χ0v) is 14.0. The van der Waals surface area contributed by atoms with Gasteiger partial charge in [-0.1, -0.05) is 12.1 Å². The van der Waals surface area contributed by atoms with Crippen molar-refractivity contribution in [3.63, 3.8) is 0 Å². The monoisotopic (exact) mass is 326 g/mol. The summed E-state index contributed by atoms with van der Waals surface area (Å²) in [5, 5.41) is 0. The summed E-state index contributed by atoms with van der Waals surface area (Å²) in [5.74, 6) is -1.07. The van der Waals surface area contributed by atoms with E-state index in [2.05, 4.69) is 0 Å². The molecular formula is C19H18O5. The summed E-state index contributed by atoms with van der Waals surface area (Å²) in [6.45, 7) is 3.49. The molecule has 0 fully saturated rings. The highest BCUT2D eigenvalue weighted by Crippen LogP contribution is 2.18. The molecule has 2 rings (SSSR count). The zero-order chi connectivity index (χ0) is 17.9. The molecule has 0 bridgehead atoms. The van der Waals surface area contributed by atoms with Crippen molar-refractivity contribution in [2.45, 2.75) is 13.8 Å². The van der Waals surface area contributed by atoms with Crippen LogP contribution in [-0.4, -0.2) is 31.9 Å². The van der Waals surface area contributed by atoms with Gasteiger partial charge in [0, 0.05) is 11.1 Å². The molecule has 0 aromatic heterocycles. The normalized spacial score (nSPS) is 10.2. The van der Waals surface area contributed by atoms with E-state index in [-0.39, 0.29) is 5.78 Å². The van der Waals surface area contributed by atoms with E-state index in [0.29, 0.717) is 33.4 Å². The molecule has 0 aliphatic heterocycles. The van der Waals surface area contributed by atoms with E-state index >= 15 is 0 Å². The number of hydrogen-bond acceptors (Lipinski definition) is 5. The molecule has 0 saturated carbocycles. The Morgan fingerprint density at radius 3 is 1.38 bits per heavy atom. The van der Waals surface area contributed by atoms with Crippen molar-refractivity contribution in [3.05, 3.63) is 69.8 Å². The lowest BCUT2D eigenvalue weighted by Crippen LogP contribution is -2.09. The molecule has 0 N–H and O–H groups in total. The first-order valence-corrected chi connectivity index (χ1v) is 7.31. The highest BCUT2D eigenvalue weighted by molar-refractivity contribution is 6.10.